The topological polar surface area (TPSA) is 36.1 Å². The molecule has 0 aromatic carbocycles. The highest BCUT2D eigenvalue weighted by atomic mass is 32.1. The third kappa shape index (κ3) is 1.75. The van der Waals surface area contributed by atoms with Gasteiger partial charge >= 0.3 is 0 Å². The molecule has 0 spiro atoms. The van der Waals surface area contributed by atoms with Crippen molar-refractivity contribution < 1.29 is 0 Å². The molecule has 0 N–H and O–H groups in total. The van der Waals surface area contributed by atoms with Crippen LogP contribution in [0.4, 0.5) is 0 Å². The molecule has 0 saturated carbocycles. The van der Waals surface area contributed by atoms with Gasteiger partial charge in [0.05, 0.1) is 11.2 Å². The zero-order chi connectivity index (χ0) is 9.73. The highest BCUT2D eigenvalue weighted by Gasteiger charge is 2.34. The van der Waals surface area contributed by atoms with Crippen molar-refractivity contribution in [2.75, 3.05) is 0 Å². The number of hydrogen-bond donors (Lipinski definition) is 0. The van der Waals surface area contributed by atoms with Gasteiger partial charge in [-0.15, -0.1) is 0 Å². The van der Waals surface area contributed by atoms with E-state index in [0.717, 1.165) is 6.42 Å². The third-order valence-corrected chi connectivity index (χ3v) is 2.42. The zero-order valence-electron chi connectivity index (χ0n) is 7.40. The first-order chi connectivity index (χ1) is 6.29. The standard InChI is InChI=1S/C10H10N2S/c1-2-10(7-11)6-4-3-5-9(10)12-8-13/h3-6,9H,2H2,1H3. The Labute approximate surface area is 83.3 Å². The van der Waals surface area contributed by atoms with Crippen LogP contribution in [0.3, 0.4) is 0 Å². The van der Waals surface area contributed by atoms with Crippen molar-refractivity contribution in [3.63, 3.8) is 0 Å². The first-order valence-corrected chi connectivity index (χ1v) is 4.54. The van der Waals surface area contributed by atoms with Gasteiger partial charge in [0.2, 0.25) is 0 Å². The predicted molar refractivity (Wildman–Crippen MR) is 55.4 cm³/mol. The second kappa shape index (κ2) is 4.13. The molecule has 0 fully saturated rings. The fourth-order valence-electron chi connectivity index (χ4n) is 1.39. The van der Waals surface area contributed by atoms with Crippen LogP contribution in [0.15, 0.2) is 29.3 Å². The third-order valence-electron chi connectivity index (χ3n) is 2.31. The zero-order valence-corrected chi connectivity index (χ0v) is 8.21. The number of hydrogen-bond acceptors (Lipinski definition) is 3. The summed E-state index contributed by atoms with van der Waals surface area (Å²) in [7, 11) is 0. The van der Waals surface area contributed by atoms with Crippen molar-refractivity contribution in [3.05, 3.63) is 24.3 Å². The Kier molecular flexibility index (Phi) is 3.13. The molecule has 0 heterocycles. The van der Waals surface area contributed by atoms with E-state index in [1.165, 1.54) is 0 Å². The van der Waals surface area contributed by atoms with Crippen LogP contribution in [0.1, 0.15) is 13.3 Å². The molecule has 0 amide bonds. The Hall–Kier alpha value is -1.23. The lowest BCUT2D eigenvalue weighted by Gasteiger charge is -2.27. The number of nitriles is 1. The van der Waals surface area contributed by atoms with Crippen molar-refractivity contribution in [2.45, 2.75) is 19.4 Å². The second-order valence-corrected chi connectivity index (χ2v) is 3.10. The summed E-state index contributed by atoms with van der Waals surface area (Å²) in [5.74, 6) is 0. The average Bonchev–Trinajstić information content (AvgIpc) is 2.20. The normalized spacial score (nSPS) is 30.6. The summed E-state index contributed by atoms with van der Waals surface area (Å²) in [5.41, 5.74) is -0.527. The molecular weight excluding hydrogens is 180 g/mol. The van der Waals surface area contributed by atoms with Gasteiger partial charge in [0.15, 0.2) is 0 Å². The largest absolute Gasteiger partial charge is 0.223 e. The molecule has 0 radical (unpaired) electrons. The van der Waals surface area contributed by atoms with Gasteiger partial charge in [-0.2, -0.15) is 5.26 Å². The van der Waals surface area contributed by atoms with E-state index in [2.05, 4.69) is 28.4 Å². The molecule has 2 unspecified atom stereocenters. The molecule has 66 valence electrons. The van der Waals surface area contributed by atoms with Crippen LogP contribution in [0, 0.1) is 16.7 Å². The number of isothiocyanates is 1. The number of thiocarbonyl (C=S) groups is 1. The number of rotatable bonds is 2. The average molecular weight is 190 g/mol. The van der Waals surface area contributed by atoms with Crippen LogP contribution in [0.5, 0.6) is 0 Å². The lowest BCUT2D eigenvalue weighted by molar-refractivity contribution is 0.434. The van der Waals surface area contributed by atoms with Gasteiger partial charge in [-0.1, -0.05) is 31.2 Å². The number of allylic oxidation sites excluding steroid dienone is 2. The Balaban J connectivity index is 3.06. The van der Waals surface area contributed by atoms with Crippen molar-refractivity contribution in [1.29, 1.82) is 5.26 Å². The van der Waals surface area contributed by atoms with Gasteiger partial charge in [-0.05, 0) is 18.6 Å². The molecule has 1 aliphatic rings. The fraction of sp³-hybridized carbons (Fsp3) is 0.400. The highest BCUT2D eigenvalue weighted by molar-refractivity contribution is 7.78. The molecular formula is C10H10N2S. The Morgan fingerprint density at radius 2 is 2.38 bits per heavy atom. The first kappa shape index (κ1) is 9.85. The molecule has 2 nitrogen and oxygen atoms in total. The smallest absolute Gasteiger partial charge is 0.102 e. The summed E-state index contributed by atoms with van der Waals surface area (Å²) in [5, 5.41) is 11.4. The molecule has 1 aliphatic carbocycles. The quantitative estimate of drug-likeness (QED) is 0.495. The Morgan fingerprint density at radius 3 is 2.92 bits per heavy atom. The van der Waals surface area contributed by atoms with Crippen molar-refractivity contribution in [2.24, 2.45) is 10.4 Å². The number of aliphatic imine (C=N–C) groups is 1. The first-order valence-electron chi connectivity index (χ1n) is 4.13. The second-order valence-electron chi connectivity index (χ2n) is 2.91. The van der Waals surface area contributed by atoms with Gasteiger partial charge in [-0.25, -0.2) is 4.99 Å². The molecule has 0 aromatic heterocycles. The van der Waals surface area contributed by atoms with E-state index in [0.29, 0.717) is 0 Å². The molecule has 2 atom stereocenters. The van der Waals surface area contributed by atoms with Crippen molar-refractivity contribution in [1.82, 2.24) is 0 Å². The maximum atomic E-state index is 9.08. The molecule has 3 heteroatoms. The summed E-state index contributed by atoms with van der Waals surface area (Å²) in [6.45, 7) is 1.97. The minimum absolute atomic E-state index is 0.176. The summed E-state index contributed by atoms with van der Waals surface area (Å²) < 4.78 is 0. The van der Waals surface area contributed by atoms with Crippen LogP contribution >= 0.6 is 12.2 Å². The summed E-state index contributed by atoms with van der Waals surface area (Å²) in [6, 6.07) is 2.11. The van der Waals surface area contributed by atoms with Crippen LogP contribution in [0.2, 0.25) is 0 Å². The molecule has 0 bridgehead atoms. The van der Waals surface area contributed by atoms with E-state index in [-0.39, 0.29) is 6.04 Å². The molecule has 13 heavy (non-hydrogen) atoms. The van der Waals surface area contributed by atoms with Gasteiger partial charge < -0.3 is 0 Å². The van der Waals surface area contributed by atoms with Crippen molar-refractivity contribution in [3.8, 4) is 6.07 Å². The van der Waals surface area contributed by atoms with Crippen LogP contribution in [0.25, 0.3) is 0 Å². The van der Waals surface area contributed by atoms with E-state index in [1.54, 1.807) is 0 Å². The predicted octanol–water partition coefficient (Wildman–Crippen LogP) is 2.50. The SMILES string of the molecule is CCC1(C#N)C=CC=CC1N=C=S. The highest BCUT2D eigenvalue weighted by Crippen LogP contribution is 2.32. The minimum atomic E-state index is -0.527. The maximum absolute atomic E-state index is 9.08. The lowest BCUT2D eigenvalue weighted by atomic mass is 9.77. The van der Waals surface area contributed by atoms with Crippen LogP contribution < -0.4 is 0 Å². The summed E-state index contributed by atoms with van der Waals surface area (Å²) in [4.78, 5) is 3.98. The van der Waals surface area contributed by atoms with Gasteiger partial charge in [-0.3, -0.25) is 0 Å². The lowest BCUT2D eigenvalue weighted by Crippen LogP contribution is -2.29. The number of nitrogens with zero attached hydrogens (tertiary/aromatic N) is 2. The Bertz CT molecular complexity index is 331. The van der Waals surface area contributed by atoms with E-state index >= 15 is 0 Å². The van der Waals surface area contributed by atoms with E-state index in [4.69, 9.17) is 5.26 Å². The van der Waals surface area contributed by atoms with E-state index < -0.39 is 5.41 Å². The van der Waals surface area contributed by atoms with Crippen LogP contribution in [-0.4, -0.2) is 11.2 Å². The minimum Gasteiger partial charge on any atom is -0.223 e. The van der Waals surface area contributed by atoms with Crippen molar-refractivity contribution >= 4 is 17.4 Å². The van der Waals surface area contributed by atoms with Gasteiger partial charge in [0, 0.05) is 0 Å². The van der Waals surface area contributed by atoms with E-state index in [9.17, 15) is 0 Å². The van der Waals surface area contributed by atoms with Crippen LogP contribution in [-0.2, 0) is 0 Å². The summed E-state index contributed by atoms with van der Waals surface area (Å²) in [6.07, 6.45) is 8.25. The fourth-order valence-corrected chi connectivity index (χ4v) is 1.50. The Morgan fingerprint density at radius 1 is 1.62 bits per heavy atom. The van der Waals surface area contributed by atoms with Gasteiger partial charge in [0.1, 0.15) is 11.5 Å². The molecule has 0 aliphatic heterocycles. The van der Waals surface area contributed by atoms with E-state index in [1.807, 2.05) is 31.2 Å². The maximum Gasteiger partial charge on any atom is 0.102 e. The monoisotopic (exact) mass is 190 g/mol. The summed E-state index contributed by atoms with van der Waals surface area (Å²) >= 11 is 4.55. The van der Waals surface area contributed by atoms with Gasteiger partial charge in [0.25, 0.3) is 0 Å². The molecule has 0 aromatic rings. The molecule has 0 saturated heterocycles. The molecule has 1 rings (SSSR count).